The Bertz CT molecular complexity index is 484. The highest BCUT2D eigenvalue weighted by atomic mass is 32.2. The zero-order valence-corrected chi connectivity index (χ0v) is 12.7. The van der Waals surface area contributed by atoms with Gasteiger partial charge >= 0.3 is 0 Å². The van der Waals surface area contributed by atoms with Crippen LogP contribution in [0.25, 0.3) is 0 Å². The van der Waals surface area contributed by atoms with E-state index in [1.165, 1.54) is 12.1 Å². The smallest absolute Gasteiger partial charge is 0.297 e. The molecule has 0 atom stereocenters. The fourth-order valence-electron chi connectivity index (χ4n) is 1.39. The van der Waals surface area contributed by atoms with Crippen molar-refractivity contribution in [3.63, 3.8) is 0 Å². The fraction of sp³-hybridized carbons (Fsp3) is 0.538. The van der Waals surface area contributed by atoms with Gasteiger partial charge in [0.2, 0.25) is 0 Å². The maximum absolute atomic E-state index is 11.8. The highest BCUT2D eigenvalue weighted by molar-refractivity contribution is 7.86. The average Bonchev–Trinajstić information content (AvgIpc) is 2.46. The molecule has 0 heterocycles. The van der Waals surface area contributed by atoms with Gasteiger partial charge in [0.25, 0.3) is 10.1 Å². The Morgan fingerprint density at radius 1 is 0.905 bits per heavy atom. The van der Waals surface area contributed by atoms with Gasteiger partial charge in [-0.15, -0.1) is 0 Å². The van der Waals surface area contributed by atoms with Crippen LogP contribution in [0.1, 0.15) is 5.56 Å². The summed E-state index contributed by atoms with van der Waals surface area (Å²) in [6.45, 7) is 2.95. The largest absolute Gasteiger partial charge is 0.377 e. The standard InChI is InChI=1S/C13H20O7S/c1-12-2-4-13(5-3-12)21(15,16)20-11-9-18-7-6-17-8-10-19-14/h2-5,14H,6-11H2,1H3. The summed E-state index contributed by atoms with van der Waals surface area (Å²) < 4.78 is 38.7. The van der Waals surface area contributed by atoms with E-state index in [1.54, 1.807) is 12.1 Å². The predicted molar refractivity (Wildman–Crippen MR) is 74.5 cm³/mol. The van der Waals surface area contributed by atoms with Gasteiger partial charge in [-0.1, -0.05) is 17.7 Å². The fourth-order valence-corrected chi connectivity index (χ4v) is 2.29. The highest BCUT2D eigenvalue weighted by Crippen LogP contribution is 2.12. The number of aryl methyl sites for hydroxylation is 1. The summed E-state index contributed by atoms with van der Waals surface area (Å²) in [5.41, 5.74) is 0.976. The number of ether oxygens (including phenoxy) is 2. The van der Waals surface area contributed by atoms with Crippen molar-refractivity contribution in [1.29, 1.82) is 0 Å². The van der Waals surface area contributed by atoms with Crippen LogP contribution < -0.4 is 0 Å². The van der Waals surface area contributed by atoms with E-state index in [2.05, 4.69) is 4.89 Å². The molecule has 0 saturated carbocycles. The van der Waals surface area contributed by atoms with E-state index >= 15 is 0 Å². The molecule has 1 aromatic carbocycles. The maximum Gasteiger partial charge on any atom is 0.297 e. The van der Waals surface area contributed by atoms with Crippen molar-refractivity contribution < 1.29 is 32.2 Å². The van der Waals surface area contributed by atoms with Gasteiger partial charge in [-0.25, -0.2) is 4.89 Å². The second-order valence-electron chi connectivity index (χ2n) is 4.15. The van der Waals surface area contributed by atoms with Crippen LogP contribution >= 0.6 is 0 Å². The number of hydrogen-bond donors (Lipinski definition) is 1. The van der Waals surface area contributed by atoms with Crippen LogP contribution in [0.2, 0.25) is 0 Å². The van der Waals surface area contributed by atoms with Crippen molar-refractivity contribution >= 4 is 10.1 Å². The minimum atomic E-state index is -3.74. The summed E-state index contributed by atoms with van der Waals surface area (Å²) in [5, 5.41) is 8.04. The Kier molecular flexibility index (Phi) is 8.43. The maximum atomic E-state index is 11.8. The first-order chi connectivity index (χ1) is 10.1. The molecule has 0 spiro atoms. The van der Waals surface area contributed by atoms with Crippen molar-refractivity contribution in [2.75, 3.05) is 39.6 Å². The van der Waals surface area contributed by atoms with Crippen LogP contribution in [-0.2, 0) is 28.7 Å². The summed E-state index contributed by atoms with van der Waals surface area (Å²) in [6.07, 6.45) is 0. The normalized spacial score (nSPS) is 11.7. The van der Waals surface area contributed by atoms with Gasteiger partial charge in [-0.05, 0) is 19.1 Å². The first-order valence-corrected chi connectivity index (χ1v) is 7.85. The zero-order valence-electron chi connectivity index (χ0n) is 11.9. The summed E-state index contributed by atoms with van der Waals surface area (Å²) in [4.78, 5) is 3.95. The lowest BCUT2D eigenvalue weighted by molar-refractivity contribution is -0.249. The molecule has 21 heavy (non-hydrogen) atoms. The van der Waals surface area contributed by atoms with Gasteiger partial charge < -0.3 is 9.47 Å². The van der Waals surface area contributed by atoms with E-state index in [1.807, 2.05) is 6.92 Å². The zero-order chi connectivity index (χ0) is 15.6. The molecule has 0 aliphatic rings. The van der Waals surface area contributed by atoms with Gasteiger partial charge in [-0.2, -0.15) is 8.42 Å². The van der Waals surface area contributed by atoms with Gasteiger partial charge in [0.1, 0.15) is 6.61 Å². The van der Waals surface area contributed by atoms with E-state index in [0.29, 0.717) is 13.2 Å². The molecule has 0 aliphatic heterocycles. The third kappa shape index (κ3) is 7.51. The van der Waals surface area contributed by atoms with Crippen LogP contribution in [-0.4, -0.2) is 53.3 Å². The minimum absolute atomic E-state index is 0.0596. The third-order valence-electron chi connectivity index (χ3n) is 2.47. The van der Waals surface area contributed by atoms with Gasteiger partial charge in [0, 0.05) is 0 Å². The van der Waals surface area contributed by atoms with E-state index in [9.17, 15) is 8.42 Å². The van der Waals surface area contributed by atoms with Crippen LogP contribution in [0.15, 0.2) is 29.2 Å². The monoisotopic (exact) mass is 320 g/mol. The molecule has 0 unspecified atom stereocenters. The van der Waals surface area contributed by atoms with Crippen LogP contribution in [0.3, 0.4) is 0 Å². The first kappa shape index (κ1) is 18.0. The summed E-state index contributed by atoms with van der Waals surface area (Å²) >= 11 is 0. The molecule has 0 radical (unpaired) electrons. The Morgan fingerprint density at radius 2 is 1.43 bits per heavy atom. The highest BCUT2D eigenvalue weighted by Gasteiger charge is 2.14. The van der Waals surface area contributed by atoms with Crippen molar-refractivity contribution in [1.82, 2.24) is 0 Å². The van der Waals surface area contributed by atoms with Crippen molar-refractivity contribution in [3.8, 4) is 0 Å². The van der Waals surface area contributed by atoms with Crippen LogP contribution in [0.5, 0.6) is 0 Å². The predicted octanol–water partition coefficient (Wildman–Crippen LogP) is 1.22. The molecule has 120 valence electrons. The second-order valence-corrected chi connectivity index (χ2v) is 5.76. The summed E-state index contributed by atoms with van der Waals surface area (Å²) in [6, 6.07) is 6.42. The van der Waals surface area contributed by atoms with Gasteiger partial charge in [0.15, 0.2) is 0 Å². The van der Waals surface area contributed by atoms with E-state index < -0.39 is 10.1 Å². The van der Waals surface area contributed by atoms with Crippen molar-refractivity contribution in [3.05, 3.63) is 29.8 Å². The lowest BCUT2D eigenvalue weighted by atomic mass is 10.2. The minimum Gasteiger partial charge on any atom is -0.377 e. The summed E-state index contributed by atoms with van der Waals surface area (Å²) in [7, 11) is -3.74. The molecule has 0 fully saturated rings. The molecule has 0 aromatic heterocycles. The van der Waals surface area contributed by atoms with Crippen LogP contribution in [0.4, 0.5) is 0 Å². The molecule has 0 bridgehead atoms. The van der Waals surface area contributed by atoms with Crippen molar-refractivity contribution in [2.45, 2.75) is 11.8 Å². The Hall–Kier alpha value is -1.03. The van der Waals surface area contributed by atoms with Gasteiger partial charge in [-0.3, -0.25) is 9.44 Å². The molecule has 0 saturated heterocycles. The quantitative estimate of drug-likeness (QED) is 0.284. The molecule has 0 aliphatic carbocycles. The van der Waals surface area contributed by atoms with E-state index in [-0.39, 0.29) is 31.3 Å². The van der Waals surface area contributed by atoms with E-state index in [4.69, 9.17) is 18.9 Å². The molecular weight excluding hydrogens is 300 g/mol. The second kappa shape index (κ2) is 9.82. The molecule has 1 N–H and O–H groups in total. The van der Waals surface area contributed by atoms with E-state index in [0.717, 1.165) is 5.56 Å². The number of benzene rings is 1. The molecule has 7 nitrogen and oxygen atoms in total. The van der Waals surface area contributed by atoms with Crippen molar-refractivity contribution in [2.24, 2.45) is 0 Å². The molecule has 0 amide bonds. The Balaban J connectivity index is 2.15. The molecule has 1 aromatic rings. The van der Waals surface area contributed by atoms with Gasteiger partial charge in [0.05, 0.1) is 37.9 Å². The lowest BCUT2D eigenvalue weighted by Gasteiger charge is -2.07. The number of rotatable bonds is 11. The SMILES string of the molecule is Cc1ccc(S(=O)(=O)OCCOCCOCCOO)cc1. The van der Waals surface area contributed by atoms with Crippen LogP contribution in [0, 0.1) is 6.92 Å². The molecular formula is C13H20O7S. The molecule has 1 rings (SSSR count). The molecule has 8 heteroatoms. The third-order valence-corrected chi connectivity index (χ3v) is 3.79. The Labute approximate surface area is 124 Å². The first-order valence-electron chi connectivity index (χ1n) is 6.44. The number of hydrogen-bond acceptors (Lipinski definition) is 7. The average molecular weight is 320 g/mol. The topological polar surface area (TPSA) is 91.3 Å². The lowest BCUT2D eigenvalue weighted by Crippen LogP contribution is -2.14. The Morgan fingerprint density at radius 3 is 2.00 bits per heavy atom. The summed E-state index contributed by atoms with van der Waals surface area (Å²) in [5.74, 6) is 0.